The van der Waals surface area contributed by atoms with E-state index in [1.54, 1.807) is 28.0 Å². The summed E-state index contributed by atoms with van der Waals surface area (Å²) in [7, 11) is 0. The van der Waals surface area contributed by atoms with Gasteiger partial charge in [-0.2, -0.15) is 0 Å². The number of ether oxygens (including phenoxy) is 2. The lowest BCUT2D eigenvalue weighted by Crippen LogP contribution is -2.62. The SMILES string of the molecule is CCN1CCOc2ccccc2CCCCC2(CN(C(=O)Cc3ccccc3F)CCO2)C1=O. The Hall–Kier alpha value is -2.93. The summed E-state index contributed by atoms with van der Waals surface area (Å²) in [5, 5.41) is 0. The highest BCUT2D eigenvalue weighted by atomic mass is 19.1. The van der Waals surface area contributed by atoms with Crippen molar-refractivity contribution < 1.29 is 23.5 Å². The number of aryl methyl sites for hydroxylation is 1. The third-order valence-corrected chi connectivity index (χ3v) is 6.76. The highest BCUT2D eigenvalue weighted by molar-refractivity contribution is 5.87. The lowest BCUT2D eigenvalue weighted by Gasteiger charge is -2.44. The summed E-state index contributed by atoms with van der Waals surface area (Å²) in [6.07, 6.45) is 3.03. The van der Waals surface area contributed by atoms with Crippen LogP contribution in [0.4, 0.5) is 4.39 Å². The van der Waals surface area contributed by atoms with Crippen molar-refractivity contribution in [2.75, 3.05) is 39.4 Å². The molecule has 1 atom stereocenters. The van der Waals surface area contributed by atoms with E-state index in [0.29, 0.717) is 38.2 Å². The highest BCUT2D eigenvalue weighted by Gasteiger charge is 2.46. The molecule has 0 aliphatic carbocycles. The van der Waals surface area contributed by atoms with E-state index in [1.807, 2.05) is 25.1 Å². The Kier molecular flexibility index (Phi) is 7.83. The van der Waals surface area contributed by atoms with E-state index < -0.39 is 11.4 Å². The normalized spacial score (nSPS) is 21.9. The van der Waals surface area contributed by atoms with Crippen LogP contribution in [0.1, 0.15) is 37.3 Å². The molecule has 0 aromatic heterocycles. The van der Waals surface area contributed by atoms with E-state index in [4.69, 9.17) is 9.47 Å². The van der Waals surface area contributed by atoms with Crippen LogP contribution < -0.4 is 4.74 Å². The van der Waals surface area contributed by atoms with Crippen molar-refractivity contribution in [1.82, 2.24) is 9.80 Å². The fourth-order valence-electron chi connectivity index (χ4n) is 4.84. The number of para-hydroxylation sites is 1. The van der Waals surface area contributed by atoms with Crippen molar-refractivity contribution in [3.05, 3.63) is 65.5 Å². The molecule has 34 heavy (non-hydrogen) atoms. The second kappa shape index (κ2) is 11.0. The van der Waals surface area contributed by atoms with Gasteiger partial charge in [-0.15, -0.1) is 0 Å². The molecule has 1 saturated heterocycles. The van der Waals surface area contributed by atoms with Crippen LogP contribution in [0.3, 0.4) is 0 Å². The molecule has 2 aliphatic rings. The maximum atomic E-state index is 14.1. The number of hydrogen-bond donors (Lipinski definition) is 0. The van der Waals surface area contributed by atoms with Crippen molar-refractivity contribution in [2.24, 2.45) is 0 Å². The van der Waals surface area contributed by atoms with E-state index in [2.05, 4.69) is 6.07 Å². The smallest absolute Gasteiger partial charge is 0.256 e. The van der Waals surface area contributed by atoms with Gasteiger partial charge in [0.2, 0.25) is 5.91 Å². The van der Waals surface area contributed by atoms with Crippen LogP contribution in [0.2, 0.25) is 0 Å². The van der Waals surface area contributed by atoms with Crippen LogP contribution >= 0.6 is 0 Å². The zero-order valence-electron chi connectivity index (χ0n) is 19.8. The molecule has 6 nitrogen and oxygen atoms in total. The van der Waals surface area contributed by atoms with Crippen LogP contribution in [0.25, 0.3) is 0 Å². The summed E-state index contributed by atoms with van der Waals surface area (Å²) in [4.78, 5) is 30.2. The Morgan fingerprint density at radius 1 is 1.06 bits per heavy atom. The molecule has 2 amide bonds. The van der Waals surface area contributed by atoms with E-state index in [0.717, 1.165) is 30.6 Å². The minimum absolute atomic E-state index is 0.0287. The van der Waals surface area contributed by atoms with Crippen LogP contribution in [0, 0.1) is 5.82 Å². The van der Waals surface area contributed by atoms with Crippen LogP contribution in [-0.4, -0.2) is 66.6 Å². The molecule has 4 rings (SSSR count). The zero-order chi connectivity index (χ0) is 24.0. The summed E-state index contributed by atoms with van der Waals surface area (Å²) < 4.78 is 26.3. The van der Waals surface area contributed by atoms with Crippen LogP contribution in [-0.2, 0) is 27.2 Å². The molecule has 2 aliphatic heterocycles. The van der Waals surface area contributed by atoms with Gasteiger partial charge in [-0.3, -0.25) is 9.59 Å². The number of carbonyl (C=O) groups is 2. The molecule has 0 N–H and O–H groups in total. The fourth-order valence-corrected chi connectivity index (χ4v) is 4.84. The molecule has 0 saturated carbocycles. The molecular weight excluding hydrogens is 435 g/mol. The first-order valence-corrected chi connectivity index (χ1v) is 12.2. The van der Waals surface area contributed by atoms with Crippen molar-refractivity contribution in [2.45, 2.75) is 44.6 Å². The van der Waals surface area contributed by atoms with Crippen molar-refractivity contribution >= 4 is 11.8 Å². The summed E-state index contributed by atoms with van der Waals surface area (Å²) >= 11 is 0. The van der Waals surface area contributed by atoms with E-state index in [-0.39, 0.29) is 31.4 Å². The number of carbonyl (C=O) groups excluding carboxylic acids is 2. The predicted molar refractivity (Wildman–Crippen MR) is 127 cm³/mol. The lowest BCUT2D eigenvalue weighted by atomic mass is 9.90. The quantitative estimate of drug-likeness (QED) is 0.691. The average molecular weight is 469 g/mol. The molecule has 2 aromatic carbocycles. The average Bonchev–Trinajstić information content (AvgIpc) is 2.86. The van der Waals surface area contributed by atoms with Crippen molar-refractivity contribution in [1.29, 1.82) is 0 Å². The molecule has 1 fully saturated rings. The molecule has 1 spiro atoms. The second-order valence-electron chi connectivity index (χ2n) is 8.97. The number of fused-ring (bicyclic) bond motifs is 1. The number of amides is 2. The molecule has 2 heterocycles. The van der Waals surface area contributed by atoms with Gasteiger partial charge < -0.3 is 19.3 Å². The second-order valence-corrected chi connectivity index (χ2v) is 8.97. The van der Waals surface area contributed by atoms with E-state index in [1.165, 1.54) is 6.07 Å². The summed E-state index contributed by atoms with van der Waals surface area (Å²) in [6.45, 7) is 4.16. The molecule has 2 aromatic rings. The number of likely N-dealkylation sites (N-methyl/N-ethyl adjacent to an activating group) is 1. The van der Waals surface area contributed by atoms with Gasteiger partial charge >= 0.3 is 0 Å². The topological polar surface area (TPSA) is 59.1 Å². The van der Waals surface area contributed by atoms with Gasteiger partial charge in [-0.1, -0.05) is 36.4 Å². The third kappa shape index (κ3) is 5.41. The third-order valence-electron chi connectivity index (χ3n) is 6.76. The fraction of sp³-hybridized carbons (Fsp3) is 0.481. The number of halogens is 1. The molecule has 182 valence electrons. The van der Waals surface area contributed by atoms with Crippen molar-refractivity contribution in [3.63, 3.8) is 0 Å². The monoisotopic (exact) mass is 468 g/mol. The van der Waals surface area contributed by atoms with Gasteiger partial charge in [0.05, 0.1) is 26.1 Å². The standard InChI is InChI=1S/C27H33FN2O4/c1-2-29-15-17-33-24-13-6-4-9-21(24)10-7-8-14-27(26(29)32)20-30(16-18-34-27)25(31)19-22-11-3-5-12-23(22)28/h3-6,9,11-13H,2,7-8,10,14-20H2,1H3. The van der Waals surface area contributed by atoms with Crippen molar-refractivity contribution in [3.8, 4) is 5.75 Å². The van der Waals surface area contributed by atoms with Gasteiger partial charge in [0, 0.05) is 13.1 Å². The summed E-state index contributed by atoms with van der Waals surface area (Å²) in [5.74, 6) is 0.196. The van der Waals surface area contributed by atoms with Gasteiger partial charge in [0.1, 0.15) is 18.2 Å². The van der Waals surface area contributed by atoms with E-state index in [9.17, 15) is 14.0 Å². The number of nitrogens with zero attached hydrogens (tertiary/aromatic N) is 2. The minimum atomic E-state index is -1.09. The largest absolute Gasteiger partial charge is 0.491 e. The maximum Gasteiger partial charge on any atom is 0.256 e. The minimum Gasteiger partial charge on any atom is -0.491 e. The maximum absolute atomic E-state index is 14.1. The van der Waals surface area contributed by atoms with Gasteiger partial charge in [-0.25, -0.2) is 4.39 Å². The number of benzene rings is 2. The number of morpholine rings is 1. The predicted octanol–water partition coefficient (Wildman–Crippen LogP) is 3.62. The summed E-state index contributed by atoms with van der Waals surface area (Å²) in [5.41, 5.74) is 0.444. The zero-order valence-corrected chi connectivity index (χ0v) is 19.8. The Balaban J connectivity index is 1.53. The first-order chi connectivity index (χ1) is 16.5. The Morgan fingerprint density at radius 2 is 1.85 bits per heavy atom. The molecule has 0 bridgehead atoms. The molecular formula is C27H33FN2O4. The lowest BCUT2D eigenvalue weighted by molar-refractivity contribution is -0.176. The molecule has 1 unspecified atom stereocenters. The van der Waals surface area contributed by atoms with Crippen LogP contribution in [0.5, 0.6) is 5.75 Å². The Bertz CT molecular complexity index is 1010. The number of rotatable bonds is 3. The van der Waals surface area contributed by atoms with E-state index >= 15 is 0 Å². The Morgan fingerprint density at radius 3 is 2.68 bits per heavy atom. The molecule has 0 radical (unpaired) electrons. The summed E-state index contributed by atoms with van der Waals surface area (Å²) in [6, 6.07) is 14.4. The number of hydrogen-bond acceptors (Lipinski definition) is 4. The van der Waals surface area contributed by atoms with Crippen LogP contribution in [0.15, 0.2) is 48.5 Å². The molecule has 7 heteroatoms. The van der Waals surface area contributed by atoms with Gasteiger partial charge in [0.25, 0.3) is 5.91 Å². The highest BCUT2D eigenvalue weighted by Crippen LogP contribution is 2.30. The van der Waals surface area contributed by atoms with Gasteiger partial charge in [0.15, 0.2) is 5.60 Å². The van der Waals surface area contributed by atoms with Gasteiger partial charge in [-0.05, 0) is 55.9 Å². The Labute approximate surface area is 200 Å². The first kappa shape index (κ1) is 24.2. The first-order valence-electron chi connectivity index (χ1n) is 12.2.